The molecular formula is C12H17BrN2OS2. The molecule has 0 spiro atoms. The van der Waals surface area contributed by atoms with Crippen LogP contribution in [0.5, 0.6) is 0 Å². The number of halogens is 1. The van der Waals surface area contributed by atoms with Gasteiger partial charge in [0.1, 0.15) is 4.99 Å². The molecule has 0 bridgehead atoms. The van der Waals surface area contributed by atoms with E-state index in [9.17, 15) is 4.21 Å². The zero-order valence-corrected chi connectivity index (χ0v) is 13.6. The fourth-order valence-electron chi connectivity index (χ4n) is 1.47. The summed E-state index contributed by atoms with van der Waals surface area (Å²) in [4.78, 5) is 0.386. The van der Waals surface area contributed by atoms with Crippen molar-refractivity contribution in [2.75, 3.05) is 17.3 Å². The van der Waals surface area contributed by atoms with E-state index in [2.05, 4.69) is 28.2 Å². The number of rotatable bonds is 6. The van der Waals surface area contributed by atoms with E-state index >= 15 is 0 Å². The quantitative estimate of drug-likeness (QED) is 0.776. The molecule has 0 amide bonds. The van der Waals surface area contributed by atoms with E-state index in [1.165, 1.54) is 0 Å². The van der Waals surface area contributed by atoms with Crippen LogP contribution < -0.4 is 11.1 Å². The summed E-state index contributed by atoms with van der Waals surface area (Å²) in [5, 5.41) is 3.37. The monoisotopic (exact) mass is 348 g/mol. The Kier molecular flexibility index (Phi) is 6.25. The van der Waals surface area contributed by atoms with Gasteiger partial charge in [0.25, 0.3) is 0 Å². The normalized spacial score (nSPS) is 13.9. The molecule has 18 heavy (non-hydrogen) atoms. The number of hydrogen-bond donors (Lipinski definition) is 2. The standard InChI is InChI=1S/C12H17BrN2OS2/c1-8(5-6-18(2)16)15-11-4-3-9(12(14)17)7-10(11)13/h3-4,7-8,15H,5-6H2,1-2H3,(H2,14,17). The van der Waals surface area contributed by atoms with E-state index in [0.29, 0.717) is 10.7 Å². The minimum Gasteiger partial charge on any atom is -0.389 e. The van der Waals surface area contributed by atoms with Gasteiger partial charge in [0.2, 0.25) is 0 Å². The predicted octanol–water partition coefficient (Wildman–Crippen LogP) is 2.65. The van der Waals surface area contributed by atoms with E-state index in [0.717, 1.165) is 22.1 Å². The van der Waals surface area contributed by atoms with Gasteiger partial charge in [-0.15, -0.1) is 0 Å². The summed E-state index contributed by atoms with van der Waals surface area (Å²) in [7, 11) is -0.745. The van der Waals surface area contributed by atoms with Gasteiger partial charge in [-0.05, 0) is 47.5 Å². The van der Waals surface area contributed by atoms with E-state index in [4.69, 9.17) is 18.0 Å². The summed E-state index contributed by atoms with van der Waals surface area (Å²) in [6, 6.07) is 5.99. The molecule has 0 aliphatic carbocycles. The topological polar surface area (TPSA) is 55.1 Å². The van der Waals surface area contributed by atoms with Gasteiger partial charge in [-0.25, -0.2) is 0 Å². The van der Waals surface area contributed by atoms with Gasteiger partial charge < -0.3 is 11.1 Å². The Labute approximate surface area is 124 Å². The molecule has 0 aromatic heterocycles. The third-order valence-electron chi connectivity index (χ3n) is 2.49. The molecule has 0 aliphatic rings. The molecule has 1 aromatic carbocycles. The average Bonchev–Trinajstić information content (AvgIpc) is 2.29. The lowest BCUT2D eigenvalue weighted by atomic mass is 10.2. The van der Waals surface area contributed by atoms with Crippen LogP contribution in [0, 0.1) is 0 Å². The highest BCUT2D eigenvalue weighted by molar-refractivity contribution is 9.10. The Hall–Kier alpha value is -0.460. The second-order valence-electron chi connectivity index (χ2n) is 4.17. The lowest BCUT2D eigenvalue weighted by Crippen LogP contribution is -2.18. The van der Waals surface area contributed by atoms with Crippen molar-refractivity contribution in [2.45, 2.75) is 19.4 Å². The largest absolute Gasteiger partial charge is 0.389 e. The van der Waals surface area contributed by atoms with Gasteiger partial charge in [-0.3, -0.25) is 4.21 Å². The highest BCUT2D eigenvalue weighted by Crippen LogP contribution is 2.24. The molecule has 100 valence electrons. The van der Waals surface area contributed by atoms with Gasteiger partial charge in [-0.2, -0.15) is 0 Å². The van der Waals surface area contributed by atoms with Crippen LogP contribution in [0.3, 0.4) is 0 Å². The van der Waals surface area contributed by atoms with Crippen molar-refractivity contribution in [3.05, 3.63) is 28.2 Å². The van der Waals surface area contributed by atoms with Crippen molar-refractivity contribution in [1.82, 2.24) is 0 Å². The smallest absolute Gasteiger partial charge is 0.104 e. The Morgan fingerprint density at radius 3 is 2.78 bits per heavy atom. The Balaban J connectivity index is 2.67. The van der Waals surface area contributed by atoms with E-state index < -0.39 is 10.8 Å². The highest BCUT2D eigenvalue weighted by atomic mass is 79.9. The molecule has 2 unspecified atom stereocenters. The van der Waals surface area contributed by atoms with Gasteiger partial charge >= 0.3 is 0 Å². The molecule has 6 heteroatoms. The maximum Gasteiger partial charge on any atom is 0.104 e. The Bertz CT molecular complexity index is 465. The molecule has 0 heterocycles. The molecule has 0 saturated heterocycles. The minimum absolute atomic E-state index is 0.265. The van der Waals surface area contributed by atoms with Crippen molar-refractivity contribution in [2.24, 2.45) is 5.73 Å². The summed E-state index contributed by atoms with van der Waals surface area (Å²) in [6.07, 6.45) is 2.59. The number of nitrogens with two attached hydrogens (primary N) is 1. The maximum atomic E-state index is 11.0. The van der Waals surface area contributed by atoms with Crippen LogP contribution in [-0.4, -0.2) is 27.2 Å². The first-order chi connectivity index (χ1) is 8.40. The van der Waals surface area contributed by atoms with Crippen LogP contribution in [0.2, 0.25) is 0 Å². The molecule has 0 radical (unpaired) electrons. The van der Waals surface area contributed by atoms with Crippen molar-refractivity contribution < 1.29 is 4.21 Å². The first-order valence-electron chi connectivity index (χ1n) is 5.56. The zero-order valence-electron chi connectivity index (χ0n) is 10.4. The van der Waals surface area contributed by atoms with Crippen molar-refractivity contribution >= 4 is 49.6 Å². The van der Waals surface area contributed by atoms with E-state index in [-0.39, 0.29) is 6.04 Å². The van der Waals surface area contributed by atoms with Crippen LogP contribution in [0.25, 0.3) is 0 Å². The third kappa shape index (κ3) is 5.04. The molecule has 0 fully saturated rings. The second kappa shape index (κ2) is 7.21. The van der Waals surface area contributed by atoms with Gasteiger partial charge in [0, 0.05) is 44.6 Å². The average molecular weight is 349 g/mol. The SMILES string of the molecule is CC(CCS(C)=O)Nc1ccc(C(N)=S)cc1Br. The lowest BCUT2D eigenvalue weighted by molar-refractivity contribution is 0.678. The van der Waals surface area contributed by atoms with Crippen LogP contribution in [0.4, 0.5) is 5.69 Å². The van der Waals surface area contributed by atoms with Crippen LogP contribution in [0.15, 0.2) is 22.7 Å². The molecule has 3 N–H and O–H groups in total. The minimum atomic E-state index is -0.745. The number of hydrogen-bond acceptors (Lipinski definition) is 3. The highest BCUT2D eigenvalue weighted by Gasteiger charge is 2.07. The fourth-order valence-corrected chi connectivity index (χ4v) is 2.77. The third-order valence-corrected chi connectivity index (χ3v) is 4.20. The molecule has 0 saturated carbocycles. The van der Waals surface area contributed by atoms with E-state index in [1.807, 2.05) is 18.2 Å². The van der Waals surface area contributed by atoms with Crippen molar-refractivity contribution in [3.8, 4) is 0 Å². The van der Waals surface area contributed by atoms with Gasteiger partial charge in [0.15, 0.2) is 0 Å². The van der Waals surface area contributed by atoms with Crippen LogP contribution in [0.1, 0.15) is 18.9 Å². The summed E-state index contributed by atoms with van der Waals surface area (Å²) >= 11 is 8.41. The molecule has 1 rings (SSSR count). The summed E-state index contributed by atoms with van der Waals surface area (Å²) in [5.41, 5.74) is 7.40. The van der Waals surface area contributed by atoms with E-state index in [1.54, 1.807) is 6.26 Å². The van der Waals surface area contributed by atoms with Crippen LogP contribution >= 0.6 is 28.1 Å². The van der Waals surface area contributed by atoms with Crippen molar-refractivity contribution in [1.29, 1.82) is 0 Å². The number of anilines is 1. The number of thiocarbonyl (C=S) groups is 1. The van der Waals surface area contributed by atoms with Gasteiger partial charge in [0.05, 0.1) is 0 Å². The number of benzene rings is 1. The second-order valence-corrected chi connectivity index (χ2v) is 7.02. The molecular weight excluding hydrogens is 332 g/mol. The number of nitrogens with one attached hydrogen (secondary N) is 1. The lowest BCUT2D eigenvalue weighted by Gasteiger charge is -2.16. The summed E-state index contributed by atoms with van der Waals surface area (Å²) < 4.78 is 12.0. The summed E-state index contributed by atoms with van der Waals surface area (Å²) in [6.45, 7) is 2.07. The molecule has 3 nitrogen and oxygen atoms in total. The molecule has 1 aromatic rings. The Morgan fingerprint density at radius 2 is 2.28 bits per heavy atom. The molecule has 2 atom stereocenters. The Morgan fingerprint density at radius 1 is 1.61 bits per heavy atom. The van der Waals surface area contributed by atoms with Gasteiger partial charge in [-0.1, -0.05) is 12.2 Å². The summed E-state index contributed by atoms with van der Waals surface area (Å²) in [5.74, 6) is 0.705. The first kappa shape index (κ1) is 15.6. The fraction of sp³-hybridized carbons (Fsp3) is 0.417. The molecule has 0 aliphatic heterocycles. The zero-order chi connectivity index (χ0) is 13.7. The first-order valence-corrected chi connectivity index (χ1v) is 8.49. The maximum absolute atomic E-state index is 11.0. The predicted molar refractivity (Wildman–Crippen MR) is 86.7 cm³/mol. The van der Waals surface area contributed by atoms with Crippen molar-refractivity contribution in [3.63, 3.8) is 0 Å². The van der Waals surface area contributed by atoms with Crippen LogP contribution in [-0.2, 0) is 10.8 Å².